The predicted molar refractivity (Wildman–Crippen MR) is 56.7 cm³/mol. The third-order valence-corrected chi connectivity index (χ3v) is 1.98. The van der Waals surface area contributed by atoms with Gasteiger partial charge in [0.1, 0.15) is 0 Å². The van der Waals surface area contributed by atoms with Crippen LogP contribution >= 0.6 is 0 Å². The first-order chi connectivity index (χ1) is 7.18. The van der Waals surface area contributed by atoms with Crippen LogP contribution in [0.4, 0.5) is 5.69 Å². The first-order valence-electron chi connectivity index (χ1n) is 4.42. The van der Waals surface area contributed by atoms with Crippen molar-refractivity contribution in [2.45, 2.75) is 6.92 Å². The monoisotopic (exact) mass is 203 g/mol. The summed E-state index contributed by atoms with van der Waals surface area (Å²) in [4.78, 5) is 28.9. The quantitative estimate of drug-likeness (QED) is 0.722. The Balaban J connectivity index is 2.74. The molecule has 0 bridgehead atoms. The van der Waals surface area contributed by atoms with Gasteiger partial charge in [0.05, 0.1) is 22.9 Å². The van der Waals surface area contributed by atoms with Crippen LogP contribution in [-0.2, 0) is 4.79 Å². The normalized spacial score (nSPS) is 10.2. The number of H-pyrrole nitrogens is 1. The maximum absolute atomic E-state index is 11.5. The molecule has 0 unspecified atom stereocenters. The van der Waals surface area contributed by atoms with E-state index in [1.54, 1.807) is 18.2 Å². The number of fused-ring (bicyclic) bond motifs is 1. The predicted octanol–water partition coefficient (Wildman–Crippen LogP) is 0.881. The van der Waals surface area contributed by atoms with E-state index in [9.17, 15) is 9.59 Å². The second-order valence-corrected chi connectivity index (χ2v) is 3.11. The number of rotatable bonds is 1. The van der Waals surface area contributed by atoms with Gasteiger partial charge in [-0.05, 0) is 12.1 Å². The summed E-state index contributed by atoms with van der Waals surface area (Å²) in [6.07, 6.45) is 1.34. The van der Waals surface area contributed by atoms with Crippen LogP contribution < -0.4 is 10.9 Å². The number of carbonyl (C=O) groups excluding carboxylic acids is 1. The number of aromatic nitrogens is 2. The van der Waals surface area contributed by atoms with Crippen molar-refractivity contribution in [3.05, 3.63) is 34.9 Å². The van der Waals surface area contributed by atoms with Crippen molar-refractivity contribution in [2.75, 3.05) is 5.32 Å². The summed E-state index contributed by atoms with van der Waals surface area (Å²) in [6, 6.07) is 5.12. The molecule has 0 atom stereocenters. The topological polar surface area (TPSA) is 74.8 Å². The van der Waals surface area contributed by atoms with Gasteiger partial charge in [-0.15, -0.1) is 0 Å². The lowest BCUT2D eigenvalue weighted by molar-refractivity contribution is -0.114. The molecule has 1 amide bonds. The molecule has 2 N–H and O–H groups in total. The van der Waals surface area contributed by atoms with Crippen molar-refractivity contribution in [1.82, 2.24) is 9.97 Å². The second-order valence-electron chi connectivity index (χ2n) is 3.11. The van der Waals surface area contributed by atoms with Crippen molar-refractivity contribution in [3.8, 4) is 0 Å². The summed E-state index contributed by atoms with van der Waals surface area (Å²) in [5.41, 5.74) is 0.781. The zero-order valence-corrected chi connectivity index (χ0v) is 8.07. The van der Waals surface area contributed by atoms with Gasteiger partial charge >= 0.3 is 0 Å². The molecule has 0 fully saturated rings. The zero-order chi connectivity index (χ0) is 10.8. The molecule has 5 nitrogen and oxygen atoms in total. The van der Waals surface area contributed by atoms with Gasteiger partial charge in [-0.3, -0.25) is 9.59 Å². The lowest BCUT2D eigenvalue weighted by Crippen LogP contribution is -2.12. The molecule has 1 aromatic carbocycles. The fraction of sp³-hybridized carbons (Fsp3) is 0.100. The number of aromatic amines is 1. The molecule has 1 aromatic heterocycles. The number of nitrogens with zero attached hydrogens (tertiary/aromatic N) is 1. The van der Waals surface area contributed by atoms with E-state index in [1.807, 2.05) is 0 Å². The second kappa shape index (κ2) is 3.53. The minimum Gasteiger partial charge on any atom is -0.326 e. The van der Waals surface area contributed by atoms with Crippen LogP contribution in [0, 0.1) is 0 Å². The lowest BCUT2D eigenvalue weighted by Gasteiger charge is -2.04. The van der Waals surface area contributed by atoms with Gasteiger partial charge in [0.15, 0.2) is 0 Å². The molecule has 0 spiro atoms. The van der Waals surface area contributed by atoms with Gasteiger partial charge in [-0.1, -0.05) is 6.07 Å². The van der Waals surface area contributed by atoms with Gasteiger partial charge in [0.25, 0.3) is 5.56 Å². The summed E-state index contributed by atoms with van der Waals surface area (Å²) < 4.78 is 0. The number of carbonyl (C=O) groups is 1. The van der Waals surface area contributed by atoms with E-state index in [2.05, 4.69) is 15.3 Å². The van der Waals surface area contributed by atoms with E-state index in [4.69, 9.17) is 0 Å². The van der Waals surface area contributed by atoms with Gasteiger partial charge in [-0.25, -0.2) is 4.98 Å². The maximum atomic E-state index is 11.5. The number of amides is 1. The Labute approximate surface area is 85.2 Å². The molecule has 0 aliphatic heterocycles. The first kappa shape index (κ1) is 9.39. The average Bonchev–Trinajstić information content (AvgIpc) is 2.17. The summed E-state index contributed by atoms with van der Waals surface area (Å²) in [6.45, 7) is 1.39. The Morgan fingerprint density at radius 2 is 2.27 bits per heavy atom. The van der Waals surface area contributed by atoms with E-state index in [0.29, 0.717) is 16.6 Å². The fourth-order valence-corrected chi connectivity index (χ4v) is 1.41. The van der Waals surface area contributed by atoms with Crippen molar-refractivity contribution >= 4 is 22.5 Å². The minimum atomic E-state index is -0.260. The van der Waals surface area contributed by atoms with Gasteiger partial charge in [0, 0.05) is 6.92 Å². The van der Waals surface area contributed by atoms with E-state index in [0.717, 1.165) is 0 Å². The van der Waals surface area contributed by atoms with Crippen LogP contribution in [-0.4, -0.2) is 15.9 Å². The highest BCUT2D eigenvalue weighted by Crippen LogP contribution is 2.16. The van der Waals surface area contributed by atoms with Crippen LogP contribution in [0.2, 0.25) is 0 Å². The first-order valence-corrected chi connectivity index (χ1v) is 4.42. The highest BCUT2D eigenvalue weighted by atomic mass is 16.1. The van der Waals surface area contributed by atoms with Crippen LogP contribution in [0.5, 0.6) is 0 Å². The van der Waals surface area contributed by atoms with Gasteiger partial charge < -0.3 is 10.3 Å². The average molecular weight is 203 g/mol. The molecule has 15 heavy (non-hydrogen) atoms. The highest BCUT2D eigenvalue weighted by Gasteiger charge is 2.06. The molecule has 1 heterocycles. The van der Waals surface area contributed by atoms with Crippen LogP contribution in [0.15, 0.2) is 29.3 Å². The molecule has 0 radical (unpaired) electrons. The Kier molecular flexibility index (Phi) is 2.21. The van der Waals surface area contributed by atoms with E-state index < -0.39 is 0 Å². The largest absolute Gasteiger partial charge is 0.326 e. The Morgan fingerprint density at radius 3 is 3.00 bits per heavy atom. The molecule has 0 saturated carbocycles. The SMILES string of the molecule is CC(=O)Nc1cccc2nc[nH]c(=O)c12. The van der Waals surface area contributed by atoms with Crippen LogP contribution in [0.3, 0.4) is 0 Å². The Hall–Kier alpha value is -2.17. The molecular formula is C10H9N3O2. The summed E-state index contributed by atoms with van der Waals surface area (Å²) in [5, 5.41) is 2.99. The molecule has 5 heteroatoms. The Bertz CT molecular complexity index is 569. The molecule has 76 valence electrons. The molecule has 0 aliphatic rings. The maximum Gasteiger partial charge on any atom is 0.260 e. The summed E-state index contributed by atoms with van der Waals surface area (Å²) in [7, 11) is 0. The number of nitrogens with one attached hydrogen (secondary N) is 2. The third-order valence-electron chi connectivity index (χ3n) is 1.98. The van der Waals surface area contributed by atoms with Crippen molar-refractivity contribution in [1.29, 1.82) is 0 Å². The molecule has 2 aromatic rings. The third kappa shape index (κ3) is 1.71. The van der Waals surface area contributed by atoms with Crippen LogP contribution in [0.1, 0.15) is 6.92 Å². The Morgan fingerprint density at radius 1 is 1.47 bits per heavy atom. The zero-order valence-electron chi connectivity index (χ0n) is 8.07. The number of benzene rings is 1. The van der Waals surface area contributed by atoms with Crippen molar-refractivity contribution in [2.24, 2.45) is 0 Å². The molecule has 0 aliphatic carbocycles. The standard InChI is InChI=1S/C10H9N3O2/c1-6(14)13-8-4-2-3-7-9(8)10(15)12-5-11-7/h2-5H,1H3,(H,13,14)(H,11,12,15). The number of hydrogen-bond donors (Lipinski definition) is 2. The highest BCUT2D eigenvalue weighted by molar-refractivity contribution is 5.99. The van der Waals surface area contributed by atoms with E-state index in [1.165, 1.54) is 13.3 Å². The lowest BCUT2D eigenvalue weighted by atomic mass is 10.2. The van der Waals surface area contributed by atoms with Crippen molar-refractivity contribution < 1.29 is 4.79 Å². The molecule has 0 saturated heterocycles. The van der Waals surface area contributed by atoms with Crippen LogP contribution in [0.25, 0.3) is 10.9 Å². The van der Waals surface area contributed by atoms with E-state index in [-0.39, 0.29) is 11.5 Å². The van der Waals surface area contributed by atoms with Gasteiger partial charge in [-0.2, -0.15) is 0 Å². The van der Waals surface area contributed by atoms with Gasteiger partial charge in [0.2, 0.25) is 5.91 Å². The fourth-order valence-electron chi connectivity index (χ4n) is 1.41. The smallest absolute Gasteiger partial charge is 0.260 e. The number of anilines is 1. The van der Waals surface area contributed by atoms with E-state index >= 15 is 0 Å². The minimum absolute atomic E-state index is 0.217. The number of hydrogen-bond acceptors (Lipinski definition) is 3. The molecule has 2 rings (SSSR count). The molecular weight excluding hydrogens is 194 g/mol. The summed E-state index contributed by atoms with van der Waals surface area (Å²) in [5.74, 6) is -0.217. The van der Waals surface area contributed by atoms with Crippen molar-refractivity contribution in [3.63, 3.8) is 0 Å². The summed E-state index contributed by atoms with van der Waals surface area (Å²) >= 11 is 0.